The third kappa shape index (κ3) is 3.32. The highest BCUT2D eigenvalue weighted by Crippen LogP contribution is 2.26. The lowest BCUT2D eigenvalue weighted by Gasteiger charge is -2.26. The molecule has 1 aromatic heterocycles. The molecule has 0 atom stereocenters. The van der Waals surface area contributed by atoms with Crippen molar-refractivity contribution in [3.63, 3.8) is 0 Å². The maximum absolute atomic E-state index is 13.2. The van der Waals surface area contributed by atoms with Crippen molar-refractivity contribution in [1.82, 2.24) is 9.88 Å². The van der Waals surface area contributed by atoms with E-state index >= 15 is 0 Å². The van der Waals surface area contributed by atoms with Crippen LogP contribution in [-0.4, -0.2) is 33.5 Å². The van der Waals surface area contributed by atoms with Gasteiger partial charge in [0.1, 0.15) is 17.9 Å². The maximum atomic E-state index is 13.2. The second kappa shape index (κ2) is 7.28. The molecule has 2 N–H and O–H groups in total. The molecule has 150 valence electrons. The number of urea groups is 1. The summed E-state index contributed by atoms with van der Waals surface area (Å²) in [4.78, 5) is 49.4. The van der Waals surface area contributed by atoms with Crippen LogP contribution in [-0.2, 0) is 20.9 Å². The Bertz CT molecular complexity index is 1240. The van der Waals surface area contributed by atoms with E-state index in [1.165, 1.54) is 29.0 Å². The highest BCUT2D eigenvalue weighted by atomic mass is 19.1. The predicted octanol–water partition coefficient (Wildman–Crippen LogP) is 2.53. The van der Waals surface area contributed by atoms with E-state index in [0.29, 0.717) is 16.5 Å². The summed E-state index contributed by atoms with van der Waals surface area (Å²) in [5, 5.41) is 11.9. The number of hydrogen-bond acceptors (Lipinski definition) is 4. The van der Waals surface area contributed by atoms with E-state index in [9.17, 15) is 23.6 Å². The standard InChI is InChI=1S/C21H14FN3O5/c22-13-5-7-14(8-6-13)25-20(29)16(19(28)23-21(25)30)9-12-10-24(11-18(26)27)17-4-2-1-3-15(12)17/h1-10H,11H2,(H,26,27)(H,23,28,30). The van der Waals surface area contributed by atoms with Crippen LogP contribution in [0.1, 0.15) is 5.56 Å². The average molecular weight is 407 g/mol. The number of carboxylic acids is 1. The first kappa shape index (κ1) is 19.1. The van der Waals surface area contributed by atoms with Gasteiger partial charge in [-0.25, -0.2) is 14.1 Å². The minimum Gasteiger partial charge on any atom is -0.480 e. The first-order valence-corrected chi connectivity index (χ1v) is 8.82. The lowest BCUT2D eigenvalue weighted by Crippen LogP contribution is -2.54. The van der Waals surface area contributed by atoms with Gasteiger partial charge in [-0.2, -0.15) is 0 Å². The van der Waals surface area contributed by atoms with Crippen LogP contribution in [0.2, 0.25) is 0 Å². The molecule has 8 nitrogen and oxygen atoms in total. The van der Waals surface area contributed by atoms with Crippen molar-refractivity contribution in [2.45, 2.75) is 6.54 Å². The van der Waals surface area contributed by atoms with Crippen molar-refractivity contribution in [2.24, 2.45) is 0 Å². The second-order valence-corrected chi connectivity index (χ2v) is 6.56. The first-order valence-electron chi connectivity index (χ1n) is 8.82. The number of aromatic nitrogens is 1. The number of anilines is 1. The molecule has 1 aliphatic heterocycles. The molecule has 9 heteroatoms. The number of nitrogens with zero attached hydrogens (tertiary/aromatic N) is 2. The van der Waals surface area contributed by atoms with Gasteiger partial charge in [0.05, 0.1) is 5.69 Å². The van der Waals surface area contributed by atoms with Crippen LogP contribution in [0.25, 0.3) is 17.0 Å². The number of rotatable bonds is 4. The molecular formula is C21H14FN3O5. The predicted molar refractivity (Wildman–Crippen MR) is 105 cm³/mol. The molecule has 4 amide bonds. The van der Waals surface area contributed by atoms with Crippen molar-refractivity contribution >= 4 is 46.5 Å². The SMILES string of the molecule is O=C(O)Cn1cc(C=C2C(=O)NC(=O)N(c3ccc(F)cc3)C2=O)c2ccccc21. The summed E-state index contributed by atoms with van der Waals surface area (Å²) in [6, 6.07) is 10.7. The zero-order chi connectivity index (χ0) is 21.4. The number of halogens is 1. The Morgan fingerprint density at radius 1 is 1.07 bits per heavy atom. The molecule has 3 aromatic rings. The molecule has 0 radical (unpaired) electrons. The van der Waals surface area contributed by atoms with E-state index in [-0.39, 0.29) is 17.8 Å². The van der Waals surface area contributed by atoms with Crippen molar-refractivity contribution in [2.75, 3.05) is 4.90 Å². The zero-order valence-corrected chi connectivity index (χ0v) is 15.3. The molecule has 30 heavy (non-hydrogen) atoms. The number of carboxylic acid groups (broad SMARTS) is 1. The number of carbonyl (C=O) groups excluding carboxylic acids is 3. The van der Waals surface area contributed by atoms with Gasteiger partial charge in [-0.3, -0.25) is 19.7 Å². The van der Waals surface area contributed by atoms with Crippen LogP contribution < -0.4 is 10.2 Å². The van der Waals surface area contributed by atoms with Crippen LogP contribution in [0.15, 0.2) is 60.3 Å². The Hall–Kier alpha value is -4.27. The fraction of sp³-hybridized carbons (Fsp3) is 0.0476. The van der Waals surface area contributed by atoms with Crippen LogP contribution >= 0.6 is 0 Å². The highest BCUT2D eigenvalue weighted by Gasteiger charge is 2.37. The van der Waals surface area contributed by atoms with E-state index in [2.05, 4.69) is 5.32 Å². The van der Waals surface area contributed by atoms with Gasteiger partial charge in [0.2, 0.25) is 0 Å². The molecule has 1 aliphatic rings. The topological polar surface area (TPSA) is 109 Å². The van der Waals surface area contributed by atoms with Gasteiger partial charge in [0.25, 0.3) is 11.8 Å². The monoisotopic (exact) mass is 407 g/mol. The van der Waals surface area contributed by atoms with E-state index in [1.54, 1.807) is 24.3 Å². The molecule has 0 aliphatic carbocycles. The first-order chi connectivity index (χ1) is 14.3. The summed E-state index contributed by atoms with van der Waals surface area (Å²) in [5.74, 6) is -3.33. The van der Waals surface area contributed by atoms with Crippen molar-refractivity contribution in [1.29, 1.82) is 0 Å². The Kier molecular flexibility index (Phi) is 4.63. The molecule has 2 aromatic carbocycles. The molecule has 4 rings (SSSR count). The smallest absolute Gasteiger partial charge is 0.335 e. The molecule has 0 saturated carbocycles. The number of aliphatic carboxylic acids is 1. The molecule has 0 bridgehead atoms. The normalized spacial score (nSPS) is 15.7. The molecule has 0 unspecified atom stereocenters. The Labute approximate surface area is 168 Å². The van der Waals surface area contributed by atoms with Crippen LogP contribution in [0.3, 0.4) is 0 Å². The number of nitrogens with one attached hydrogen (secondary N) is 1. The number of imide groups is 2. The van der Waals surface area contributed by atoms with Crippen LogP contribution in [0.5, 0.6) is 0 Å². The summed E-state index contributed by atoms with van der Waals surface area (Å²) < 4.78 is 14.7. The van der Waals surface area contributed by atoms with Gasteiger partial charge in [0, 0.05) is 22.7 Å². The molecule has 1 fully saturated rings. The molecule has 1 saturated heterocycles. The number of benzene rings is 2. The summed E-state index contributed by atoms with van der Waals surface area (Å²) in [6.45, 7) is -0.302. The number of fused-ring (bicyclic) bond motifs is 1. The summed E-state index contributed by atoms with van der Waals surface area (Å²) in [7, 11) is 0. The minimum atomic E-state index is -1.05. The average Bonchev–Trinajstić information content (AvgIpc) is 3.03. The number of hydrogen-bond donors (Lipinski definition) is 2. The van der Waals surface area contributed by atoms with E-state index in [0.717, 1.165) is 17.0 Å². The van der Waals surface area contributed by atoms with Crippen LogP contribution in [0.4, 0.5) is 14.9 Å². The van der Waals surface area contributed by atoms with Crippen molar-refractivity contribution in [3.8, 4) is 0 Å². The quantitative estimate of drug-likeness (QED) is 0.510. The lowest BCUT2D eigenvalue weighted by atomic mass is 10.1. The van der Waals surface area contributed by atoms with Gasteiger partial charge in [0.15, 0.2) is 0 Å². The number of para-hydroxylation sites is 1. The van der Waals surface area contributed by atoms with Crippen molar-refractivity contribution in [3.05, 3.63) is 71.7 Å². The lowest BCUT2D eigenvalue weighted by molar-refractivity contribution is -0.137. The number of amides is 4. The van der Waals surface area contributed by atoms with Gasteiger partial charge >= 0.3 is 12.0 Å². The molecule has 0 spiro atoms. The third-order valence-electron chi connectivity index (χ3n) is 4.61. The Morgan fingerprint density at radius 3 is 2.47 bits per heavy atom. The van der Waals surface area contributed by atoms with E-state index in [4.69, 9.17) is 5.11 Å². The second-order valence-electron chi connectivity index (χ2n) is 6.56. The highest BCUT2D eigenvalue weighted by molar-refractivity contribution is 6.39. The fourth-order valence-corrected chi connectivity index (χ4v) is 3.30. The zero-order valence-electron chi connectivity index (χ0n) is 15.3. The van der Waals surface area contributed by atoms with Crippen LogP contribution in [0, 0.1) is 5.82 Å². The minimum absolute atomic E-state index is 0.102. The molecule has 2 heterocycles. The fourth-order valence-electron chi connectivity index (χ4n) is 3.30. The van der Waals surface area contributed by atoms with E-state index in [1.807, 2.05) is 0 Å². The molecular weight excluding hydrogens is 393 g/mol. The number of barbiturate groups is 1. The largest absolute Gasteiger partial charge is 0.480 e. The summed E-state index contributed by atoms with van der Waals surface area (Å²) in [5.41, 5.74) is 0.850. The number of carbonyl (C=O) groups is 4. The van der Waals surface area contributed by atoms with Crippen molar-refractivity contribution < 1.29 is 28.7 Å². The van der Waals surface area contributed by atoms with Gasteiger partial charge in [-0.15, -0.1) is 0 Å². The van der Waals surface area contributed by atoms with Gasteiger partial charge in [-0.05, 0) is 36.4 Å². The maximum Gasteiger partial charge on any atom is 0.335 e. The Balaban J connectivity index is 1.80. The summed E-state index contributed by atoms with van der Waals surface area (Å²) >= 11 is 0. The summed E-state index contributed by atoms with van der Waals surface area (Å²) in [6.07, 6.45) is 2.83. The Morgan fingerprint density at radius 2 is 1.77 bits per heavy atom. The van der Waals surface area contributed by atoms with E-state index < -0.39 is 29.6 Å². The third-order valence-corrected chi connectivity index (χ3v) is 4.61. The van der Waals surface area contributed by atoms with Gasteiger partial charge in [-0.1, -0.05) is 18.2 Å². The van der Waals surface area contributed by atoms with Gasteiger partial charge < -0.3 is 9.67 Å².